The molecular weight excluding hydrogens is 472 g/mol. The number of nitrogens with zero attached hydrogens (tertiary/aromatic N) is 3. The average molecular weight is 499 g/mol. The zero-order valence-corrected chi connectivity index (χ0v) is 20.8. The maximum atomic E-state index is 11.1. The van der Waals surface area contributed by atoms with Gasteiger partial charge in [-0.1, -0.05) is 42.8 Å². The highest BCUT2D eigenvalue weighted by Crippen LogP contribution is 2.41. The highest BCUT2D eigenvalue weighted by atomic mass is 35.5. The smallest absolute Gasteiger partial charge is 0.197 e. The molecule has 1 aromatic heterocycles. The molecular formula is C29H27ClN4O2. The number of rotatable bonds is 5. The van der Waals surface area contributed by atoms with Gasteiger partial charge in [-0.05, 0) is 67.4 Å². The molecule has 0 amide bonds. The number of nitrogens with one attached hydrogen (secondary N) is 1. The number of hydrogen-bond acceptors (Lipinski definition) is 5. The van der Waals surface area contributed by atoms with Gasteiger partial charge in [-0.3, -0.25) is 0 Å². The summed E-state index contributed by atoms with van der Waals surface area (Å²) in [5.41, 5.74) is 2.98. The summed E-state index contributed by atoms with van der Waals surface area (Å²) >= 11 is 6.38. The van der Waals surface area contributed by atoms with E-state index in [1.54, 1.807) is 0 Å². The highest BCUT2D eigenvalue weighted by molar-refractivity contribution is 6.30. The molecule has 2 N–H and O–H groups in total. The van der Waals surface area contributed by atoms with Crippen LogP contribution >= 0.6 is 11.6 Å². The van der Waals surface area contributed by atoms with Crippen LogP contribution in [0.15, 0.2) is 82.5 Å². The van der Waals surface area contributed by atoms with Crippen LogP contribution in [0.2, 0.25) is 5.02 Å². The van der Waals surface area contributed by atoms with Crippen LogP contribution in [0.25, 0.3) is 16.5 Å². The van der Waals surface area contributed by atoms with E-state index in [9.17, 15) is 5.11 Å². The monoisotopic (exact) mass is 498 g/mol. The minimum atomic E-state index is 0.0576. The first kappa shape index (κ1) is 22.8. The molecule has 6 rings (SSSR count). The van der Waals surface area contributed by atoms with Crippen molar-refractivity contribution in [1.82, 2.24) is 9.88 Å². The van der Waals surface area contributed by atoms with Gasteiger partial charge in [-0.2, -0.15) is 0 Å². The van der Waals surface area contributed by atoms with Gasteiger partial charge in [0.2, 0.25) is 0 Å². The second-order valence-electron chi connectivity index (χ2n) is 9.23. The summed E-state index contributed by atoms with van der Waals surface area (Å²) in [7, 11) is 0. The molecule has 2 aliphatic rings. The predicted molar refractivity (Wildman–Crippen MR) is 142 cm³/mol. The Morgan fingerprint density at radius 3 is 2.47 bits per heavy atom. The van der Waals surface area contributed by atoms with E-state index in [1.807, 2.05) is 66.7 Å². The molecule has 1 fully saturated rings. The van der Waals surface area contributed by atoms with Crippen molar-refractivity contribution in [2.75, 3.05) is 19.6 Å². The molecule has 0 spiro atoms. The largest absolute Gasteiger partial charge is 0.494 e. The van der Waals surface area contributed by atoms with Gasteiger partial charge in [0.05, 0.1) is 16.3 Å². The molecule has 0 saturated carbocycles. The van der Waals surface area contributed by atoms with Crippen LogP contribution in [-0.4, -0.2) is 40.7 Å². The van der Waals surface area contributed by atoms with Crippen molar-refractivity contribution in [2.24, 2.45) is 9.98 Å². The second-order valence-corrected chi connectivity index (χ2v) is 9.67. The molecule has 0 radical (unpaired) electrons. The van der Waals surface area contributed by atoms with Crippen molar-refractivity contribution in [2.45, 2.75) is 25.9 Å². The summed E-state index contributed by atoms with van der Waals surface area (Å²) < 4.78 is 6.39. The van der Waals surface area contributed by atoms with E-state index in [1.165, 1.54) is 0 Å². The maximum absolute atomic E-state index is 11.1. The number of ether oxygens (including phenoxy) is 1. The van der Waals surface area contributed by atoms with Crippen LogP contribution in [0.1, 0.15) is 30.9 Å². The fourth-order valence-corrected chi connectivity index (χ4v) is 5.26. The van der Waals surface area contributed by atoms with Crippen LogP contribution in [0, 0.1) is 0 Å². The molecule has 7 heteroatoms. The molecule has 0 unspecified atom stereocenters. The van der Waals surface area contributed by atoms with Crippen molar-refractivity contribution in [3.63, 3.8) is 0 Å². The molecule has 3 heterocycles. The molecule has 182 valence electrons. The van der Waals surface area contributed by atoms with Crippen molar-refractivity contribution in [3.05, 3.63) is 99.4 Å². The molecule has 0 atom stereocenters. The lowest BCUT2D eigenvalue weighted by molar-refractivity contribution is 0.104. The van der Waals surface area contributed by atoms with Gasteiger partial charge in [-0.15, -0.1) is 0 Å². The van der Waals surface area contributed by atoms with E-state index in [-0.39, 0.29) is 12.0 Å². The molecule has 4 aromatic rings. The molecule has 1 saturated heterocycles. The van der Waals surface area contributed by atoms with Crippen molar-refractivity contribution in [3.8, 4) is 11.6 Å². The van der Waals surface area contributed by atoms with Crippen LogP contribution < -0.4 is 15.5 Å². The maximum Gasteiger partial charge on any atom is 0.197 e. The quantitative estimate of drug-likeness (QED) is 0.404. The first-order valence-electron chi connectivity index (χ1n) is 12.4. The Kier molecular flexibility index (Phi) is 5.99. The van der Waals surface area contributed by atoms with Crippen molar-refractivity contribution < 1.29 is 9.84 Å². The Morgan fingerprint density at radius 2 is 1.78 bits per heavy atom. The van der Waals surface area contributed by atoms with Crippen LogP contribution in [-0.2, 0) is 0 Å². The van der Waals surface area contributed by atoms with E-state index in [0.717, 1.165) is 65.4 Å². The number of likely N-dealkylation sites (tertiary alicyclic amines) is 1. The lowest BCUT2D eigenvalue weighted by Gasteiger charge is -2.31. The zero-order chi connectivity index (χ0) is 24.6. The Bertz CT molecular complexity index is 1560. The summed E-state index contributed by atoms with van der Waals surface area (Å²) in [5, 5.41) is 14.2. The van der Waals surface area contributed by atoms with E-state index in [2.05, 4.69) is 16.8 Å². The van der Waals surface area contributed by atoms with Gasteiger partial charge in [0.1, 0.15) is 11.9 Å². The fraction of sp³-hybridized carbons (Fsp3) is 0.241. The number of piperidine rings is 1. The lowest BCUT2D eigenvalue weighted by atomic mass is 9.96. The number of fused-ring (bicyclic) bond motifs is 2. The Hall–Kier alpha value is -3.61. The van der Waals surface area contributed by atoms with E-state index in [4.69, 9.17) is 26.3 Å². The van der Waals surface area contributed by atoms with E-state index >= 15 is 0 Å². The van der Waals surface area contributed by atoms with Crippen LogP contribution in [0.4, 0.5) is 0 Å². The minimum absolute atomic E-state index is 0.0576. The van der Waals surface area contributed by atoms with Crippen LogP contribution in [0.5, 0.6) is 11.6 Å². The third-order valence-electron chi connectivity index (χ3n) is 6.96. The minimum Gasteiger partial charge on any atom is -0.494 e. The Balaban J connectivity index is 1.48. The summed E-state index contributed by atoms with van der Waals surface area (Å²) in [6.07, 6.45) is 2.19. The Morgan fingerprint density at radius 1 is 1.03 bits per heavy atom. The SMILES string of the molecule is CCN1CCC(Oc2ccc3[nH]c(O)c(C(=C4N=c5ccccc5=N4)c4cccc(Cl)c4)c3c2)CC1. The number of para-hydroxylation sites is 2. The lowest BCUT2D eigenvalue weighted by Crippen LogP contribution is -2.37. The number of aromatic nitrogens is 1. The molecule has 0 bridgehead atoms. The summed E-state index contributed by atoms with van der Waals surface area (Å²) in [6, 6.07) is 21.2. The summed E-state index contributed by atoms with van der Waals surface area (Å²) in [4.78, 5) is 15.2. The molecule has 0 aliphatic carbocycles. The normalized spacial score (nSPS) is 16.0. The predicted octanol–water partition coefficient (Wildman–Crippen LogP) is 5.06. The number of halogens is 1. The van der Waals surface area contributed by atoms with E-state index < -0.39 is 0 Å². The first-order chi connectivity index (χ1) is 17.6. The van der Waals surface area contributed by atoms with Gasteiger partial charge < -0.3 is 19.7 Å². The van der Waals surface area contributed by atoms with E-state index in [0.29, 0.717) is 22.0 Å². The third-order valence-corrected chi connectivity index (χ3v) is 7.19. The summed E-state index contributed by atoms with van der Waals surface area (Å²) in [6.45, 7) is 5.37. The molecule has 36 heavy (non-hydrogen) atoms. The van der Waals surface area contributed by atoms with Gasteiger partial charge >= 0.3 is 0 Å². The van der Waals surface area contributed by atoms with Gasteiger partial charge in [-0.25, -0.2) is 9.98 Å². The highest BCUT2D eigenvalue weighted by Gasteiger charge is 2.24. The molecule has 2 aliphatic heterocycles. The summed E-state index contributed by atoms with van der Waals surface area (Å²) in [5.74, 6) is 1.38. The number of aromatic amines is 1. The topological polar surface area (TPSA) is 73.2 Å². The van der Waals surface area contributed by atoms with Gasteiger partial charge in [0, 0.05) is 34.6 Å². The Labute approximate surface area is 214 Å². The van der Waals surface area contributed by atoms with Crippen molar-refractivity contribution >= 4 is 28.1 Å². The average Bonchev–Trinajstić information content (AvgIpc) is 3.46. The molecule has 3 aromatic carbocycles. The zero-order valence-electron chi connectivity index (χ0n) is 20.0. The number of H-pyrrole nitrogens is 1. The number of hydrogen-bond donors (Lipinski definition) is 2. The second kappa shape index (κ2) is 9.45. The van der Waals surface area contributed by atoms with Crippen molar-refractivity contribution in [1.29, 1.82) is 0 Å². The van der Waals surface area contributed by atoms with Crippen LogP contribution in [0.3, 0.4) is 0 Å². The number of aromatic hydroxyl groups is 1. The third kappa shape index (κ3) is 4.27. The first-order valence-corrected chi connectivity index (χ1v) is 12.7. The molecule has 6 nitrogen and oxygen atoms in total. The standard InChI is InChI=1S/C29H27ClN4O2/c1-2-34-14-12-20(13-15-34)36-21-10-11-23-22(17-21)27(29(35)33-23)26(18-6-5-7-19(30)16-18)28-31-24-8-3-4-9-25(24)32-28/h3-11,16-17,20,33,35H,2,12-15H2,1H3. The number of benzene rings is 3. The fourth-order valence-electron chi connectivity index (χ4n) is 5.07. The van der Waals surface area contributed by atoms with Gasteiger partial charge in [0.25, 0.3) is 0 Å². The van der Waals surface area contributed by atoms with Gasteiger partial charge in [0.15, 0.2) is 11.7 Å².